The van der Waals surface area contributed by atoms with E-state index in [2.05, 4.69) is 30.7 Å². The van der Waals surface area contributed by atoms with Gasteiger partial charge in [-0.15, -0.1) is 0 Å². The van der Waals surface area contributed by atoms with Crippen LogP contribution in [-0.4, -0.2) is 15.1 Å². The molecule has 0 fully saturated rings. The fourth-order valence-corrected chi connectivity index (χ4v) is 1.52. The fraction of sp³-hybridized carbons (Fsp3) is 0.286. The summed E-state index contributed by atoms with van der Waals surface area (Å²) >= 11 is 0. The Morgan fingerprint density at radius 1 is 1.00 bits per heavy atom. The largest absolute Gasteiger partial charge is 0.507 e. The molecule has 0 aliphatic rings. The number of phenolic OH excluding ortho intramolecular Hbond substituents is 1. The number of aromatic nitrogens is 2. The molecule has 3 heteroatoms. The molecular formula is C14H16N2O. The summed E-state index contributed by atoms with van der Waals surface area (Å²) in [6.45, 7) is 6.35. The molecule has 88 valence electrons. The Balaban J connectivity index is 2.40. The predicted molar refractivity (Wildman–Crippen MR) is 67.8 cm³/mol. The zero-order valence-electron chi connectivity index (χ0n) is 10.3. The number of rotatable bonds is 1. The lowest BCUT2D eigenvalue weighted by Gasteiger charge is -2.17. The van der Waals surface area contributed by atoms with E-state index in [1.165, 1.54) is 0 Å². The molecule has 0 aliphatic heterocycles. The molecule has 1 heterocycles. The summed E-state index contributed by atoms with van der Waals surface area (Å²) in [5.41, 5.74) is 1.78. The molecule has 0 amide bonds. The summed E-state index contributed by atoms with van der Waals surface area (Å²) < 4.78 is 0. The van der Waals surface area contributed by atoms with Crippen LogP contribution in [0, 0.1) is 0 Å². The number of hydrogen-bond acceptors (Lipinski definition) is 3. The molecule has 0 radical (unpaired) electrons. The monoisotopic (exact) mass is 228 g/mol. The molecule has 0 spiro atoms. The van der Waals surface area contributed by atoms with Crippen LogP contribution in [0.5, 0.6) is 5.75 Å². The zero-order valence-corrected chi connectivity index (χ0v) is 10.3. The molecule has 0 aliphatic carbocycles. The van der Waals surface area contributed by atoms with Gasteiger partial charge in [-0.1, -0.05) is 32.9 Å². The maximum absolute atomic E-state index is 9.71. The van der Waals surface area contributed by atoms with E-state index in [-0.39, 0.29) is 11.2 Å². The second-order valence-electron chi connectivity index (χ2n) is 5.06. The number of phenols is 1. The Kier molecular flexibility index (Phi) is 2.84. The van der Waals surface area contributed by atoms with Gasteiger partial charge in [-0.25, -0.2) is 9.97 Å². The highest BCUT2D eigenvalue weighted by Crippen LogP contribution is 2.27. The molecule has 1 N–H and O–H groups in total. The van der Waals surface area contributed by atoms with Gasteiger partial charge in [0.1, 0.15) is 5.75 Å². The number of aromatic hydroxyl groups is 1. The first kappa shape index (κ1) is 11.6. The average molecular weight is 228 g/mol. The summed E-state index contributed by atoms with van der Waals surface area (Å²) in [4.78, 5) is 8.61. The van der Waals surface area contributed by atoms with Crippen molar-refractivity contribution in [2.45, 2.75) is 26.2 Å². The van der Waals surface area contributed by atoms with Crippen molar-refractivity contribution >= 4 is 0 Å². The van der Waals surface area contributed by atoms with Gasteiger partial charge in [-0.2, -0.15) is 0 Å². The standard InChI is InChI=1S/C14H16N2O/c1-14(2,3)10-8-15-13(16-9-10)11-6-4-5-7-12(11)17/h4-9,17H,1-3H3. The number of para-hydroxylation sites is 1. The molecule has 2 rings (SSSR count). The van der Waals surface area contributed by atoms with Crippen molar-refractivity contribution in [3.63, 3.8) is 0 Å². The second-order valence-corrected chi connectivity index (χ2v) is 5.06. The van der Waals surface area contributed by atoms with Gasteiger partial charge in [0, 0.05) is 12.4 Å². The minimum atomic E-state index is 0.0390. The Hall–Kier alpha value is -1.90. The first-order chi connectivity index (χ1) is 7.98. The van der Waals surface area contributed by atoms with Gasteiger partial charge in [-0.3, -0.25) is 0 Å². The van der Waals surface area contributed by atoms with Gasteiger partial charge in [0.25, 0.3) is 0 Å². The van der Waals surface area contributed by atoms with E-state index < -0.39 is 0 Å². The summed E-state index contributed by atoms with van der Waals surface area (Å²) in [7, 11) is 0. The molecule has 2 aromatic rings. The van der Waals surface area contributed by atoms with Crippen molar-refractivity contribution in [1.82, 2.24) is 9.97 Å². The van der Waals surface area contributed by atoms with Crippen LogP contribution in [0.3, 0.4) is 0 Å². The third-order valence-corrected chi connectivity index (χ3v) is 2.66. The average Bonchev–Trinajstić information content (AvgIpc) is 2.29. The normalized spacial score (nSPS) is 11.5. The highest BCUT2D eigenvalue weighted by Gasteiger charge is 2.15. The SMILES string of the molecule is CC(C)(C)c1cnc(-c2ccccc2O)nc1. The molecule has 0 saturated carbocycles. The van der Waals surface area contributed by atoms with E-state index in [9.17, 15) is 5.11 Å². The summed E-state index contributed by atoms with van der Waals surface area (Å²) in [5.74, 6) is 0.757. The number of nitrogens with zero attached hydrogens (tertiary/aromatic N) is 2. The molecular weight excluding hydrogens is 212 g/mol. The van der Waals surface area contributed by atoms with Gasteiger partial charge in [-0.05, 0) is 23.1 Å². The fourth-order valence-electron chi connectivity index (χ4n) is 1.52. The lowest BCUT2D eigenvalue weighted by Crippen LogP contribution is -2.12. The Morgan fingerprint density at radius 3 is 2.12 bits per heavy atom. The summed E-state index contributed by atoms with van der Waals surface area (Å²) in [6, 6.07) is 7.08. The zero-order chi connectivity index (χ0) is 12.5. The third-order valence-electron chi connectivity index (χ3n) is 2.66. The Bertz CT molecular complexity index is 512. The van der Waals surface area contributed by atoms with E-state index in [4.69, 9.17) is 0 Å². The lowest BCUT2D eigenvalue weighted by atomic mass is 9.89. The molecule has 0 saturated heterocycles. The molecule has 1 aromatic heterocycles. The van der Waals surface area contributed by atoms with Crippen LogP contribution in [-0.2, 0) is 5.41 Å². The Labute approximate surface area is 101 Å². The molecule has 3 nitrogen and oxygen atoms in total. The molecule has 17 heavy (non-hydrogen) atoms. The van der Waals surface area contributed by atoms with Crippen LogP contribution in [0.2, 0.25) is 0 Å². The van der Waals surface area contributed by atoms with Crippen molar-refractivity contribution in [3.05, 3.63) is 42.2 Å². The maximum Gasteiger partial charge on any atom is 0.162 e. The first-order valence-electron chi connectivity index (χ1n) is 5.59. The molecule has 1 aromatic carbocycles. The highest BCUT2D eigenvalue weighted by atomic mass is 16.3. The quantitative estimate of drug-likeness (QED) is 0.815. The van der Waals surface area contributed by atoms with Crippen LogP contribution in [0.1, 0.15) is 26.3 Å². The smallest absolute Gasteiger partial charge is 0.162 e. The van der Waals surface area contributed by atoms with Gasteiger partial charge in [0.15, 0.2) is 5.82 Å². The van der Waals surface area contributed by atoms with Crippen molar-refractivity contribution in [2.75, 3.05) is 0 Å². The van der Waals surface area contributed by atoms with E-state index in [0.29, 0.717) is 11.4 Å². The van der Waals surface area contributed by atoms with Gasteiger partial charge in [0.2, 0.25) is 0 Å². The first-order valence-corrected chi connectivity index (χ1v) is 5.59. The lowest BCUT2D eigenvalue weighted by molar-refractivity contribution is 0.477. The molecule has 0 unspecified atom stereocenters. The number of benzene rings is 1. The van der Waals surface area contributed by atoms with Crippen LogP contribution in [0.15, 0.2) is 36.7 Å². The minimum Gasteiger partial charge on any atom is -0.507 e. The van der Waals surface area contributed by atoms with Crippen molar-refractivity contribution in [2.24, 2.45) is 0 Å². The van der Waals surface area contributed by atoms with Crippen LogP contribution < -0.4 is 0 Å². The van der Waals surface area contributed by atoms with E-state index in [0.717, 1.165) is 5.56 Å². The van der Waals surface area contributed by atoms with Crippen molar-refractivity contribution < 1.29 is 5.11 Å². The molecule has 0 bridgehead atoms. The number of hydrogen-bond donors (Lipinski definition) is 1. The topological polar surface area (TPSA) is 46.0 Å². The summed E-state index contributed by atoms with van der Waals surface area (Å²) in [5, 5.41) is 9.71. The van der Waals surface area contributed by atoms with Gasteiger partial charge >= 0.3 is 0 Å². The third kappa shape index (κ3) is 2.44. The van der Waals surface area contributed by atoms with Crippen LogP contribution in [0.4, 0.5) is 0 Å². The highest BCUT2D eigenvalue weighted by molar-refractivity contribution is 5.63. The minimum absolute atomic E-state index is 0.0390. The van der Waals surface area contributed by atoms with Crippen LogP contribution in [0.25, 0.3) is 11.4 Å². The van der Waals surface area contributed by atoms with Crippen molar-refractivity contribution in [1.29, 1.82) is 0 Å². The second kappa shape index (κ2) is 4.17. The van der Waals surface area contributed by atoms with E-state index in [1.54, 1.807) is 18.2 Å². The molecule has 0 atom stereocenters. The van der Waals surface area contributed by atoms with Gasteiger partial charge < -0.3 is 5.11 Å². The van der Waals surface area contributed by atoms with Crippen molar-refractivity contribution in [3.8, 4) is 17.1 Å². The predicted octanol–water partition coefficient (Wildman–Crippen LogP) is 3.15. The van der Waals surface area contributed by atoms with Crippen LogP contribution >= 0.6 is 0 Å². The Morgan fingerprint density at radius 2 is 1.59 bits per heavy atom. The van der Waals surface area contributed by atoms with E-state index >= 15 is 0 Å². The summed E-state index contributed by atoms with van der Waals surface area (Å²) in [6.07, 6.45) is 3.63. The maximum atomic E-state index is 9.71. The van der Waals surface area contributed by atoms with Gasteiger partial charge in [0.05, 0.1) is 5.56 Å². The van der Waals surface area contributed by atoms with E-state index in [1.807, 2.05) is 18.5 Å².